The van der Waals surface area contributed by atoms with Crippen molar-refractivity contribution in [1.82, 2.24) is 0 Å². The topological polar surface area (TPSA) is 66.8 Å². The molecule has 5 nitrogen and oxygen atoms in total. The first-order valence-corrected chi connectivity index (χ1v) is 13.8. The minimum Gasteiger partial charge on any atom is -0.390 e. The van der Waals surface area contributed by atoms with Crippen LogP contribution in [0, 0.1) is 34.4 Å². The molecule has 1 heterocycles. The normalized spacial score (nSPS) is 45.2. The molecule has 0 aromatic heterocycles. The van der Waals surface area contributed by atoms with Crippen molar-refractivity contribution in [3.63, 3.8) is 0 Å². The van der Waals surface area contributed by atoms with Crippen LogP contribution in [-0.2, 0) is 14.4 Å². The van der Waals surface area contributed by atoms with Crippen molar-refractivity contribution >= 4 is 28.3 Å². The SMILES string of the molecule is C[C@]12C=CC(=O)C=C1[C@@H](F)C[C@H]1[C@@H]3C[C@H]4CN(c5ccc(F)cc5)O[C@@]4(C(=O)SCF)[C@@]3(C)C[C@H](O)[C@@]12F. The van der Waals surface area contributed by atoms with E-state index in [0.717, 1.165) is 6.08 Å². The summed E-state index contributed by atoms with van der Waals surface area (Å²) in [7, 11) is 0. The van der Waals surface area contributed by atoms with Gasteiger partial charge in [0.25, 0.3) is 0 Å². The number of anilines is 1. The summed E-state index contributed by atoms with van der Waals surface area (Å²) in [5.41, 5.74) is -6.01. The standard InChI is InChI=1S/C28H29F4NO4S/c1-25-8-7-18(34)10-21(25)22(31)11-20-19-9-15-13-33(17-5-3-16(30)4-6-17)37-28(15,24(36)38-14-29)26(19,2)12-23(35)27(20,25)32/h3-8,10,15,19-20,22-23,35H,9,11-14H2,1-2H3/t15-,19-,20-,22-,23-,25-,26-,27-,28-/m0/s1. The number of benzene rings is 1. The molecule has 1 saturated heterocycles. The van der Waals surface area contributed by atoms with Gasteiger partial charge in [-0.1, -0.05) is 24.8 Å². The van der Waals surface area contributed by atoms with Gasteiger partial charge in [-0.05, 0) is 74.1 Å². The van der Waals surface area contributed by atoms with E-state index in [4.69, 9.17) is 4.84 Å². The summed E-state index contributed by atoms with van der Waals surface area (Å²) in [5.74, 6) is -2.88. The molecule has 38 heavy (non-hydrogen) atoms. The Kier molecular flexibility index (Phi) is 5.77. The molecule has 0 spiro atoms. The molecule has 0 unspecified atom stereocenters. The maximum absolute atomic E-state index is 17.4. The van der Waals surface area contributed by atoms with Gasteiger partial charge in [0.1, 0.15) is 18.0 Å². The number of alkyl halides is 3. The highest BCUT2D eigenvalue weighted by molar-refractivity contribution is 8.13. The van der Waals surface area contributed by atoms with Crippen molar-refractivity contribution in [2.24, 2.45) is 28.6 Å². The van der Waals surface area contributed by atoms with Crippen molar-refractivity contribution in [3.05, 3.63) is 53.9 Å². The predicted octanol–water partition coefficient (Wildman–Crippen LogP) is 5.05. The summed E-state index contributed by atoms with van der Waals surface area (Å²) in [6.45, 7) is 3.50. The molecule has 0 bridgehead atoms. The molecule has 0 amide bonds. The number of hydrogen-bond donors (Lipinski definition) is 1. The Bertz CT molecular complexity index is 1260. The maximum Gasteiger partial charge on any atom is 0.226 e. The molecule has 1 N–H and O–H groups in total. The zero-order valence-corrected chi connectivity index (χ0v) is 21.8. The number of nitrogens with zero attached hydrogens (tertiary/aromatic N) is 1. The van der Waals surface area contributed by atoms with Gasteiger partial charge in [0.2, 0.25) is 5.12 Å². The lowest BCUT2D eigenvalue weighted by Gasteiger charge is -2.63. The molecule has 4 fully saturated rings. The van der Waals surface area contributed by atoms with Gasteiger partial charge in [0.05, 0.1) is 18.3 Å². The van der Waals surface area contributed by atoms with Crippen LogP contribution in [0.3, 0.4) is 0 Å². The average molecular weight is 552 g/mol. The van der Waals surface area contributed by atoms with Gasteiger partial charge < -0.3 is 5.11 Å². The van der Waals surface area contributed by atoms with E-state index in [2.05, 4.69) is 0 Å². The van der Waals surface area contributed by atoms with Gasteiger partial charge in [0.15, 0.2) is 17.1 Å². The molecular formula is C28H29F4NO4S. The van der Waals surface area contributed by atoms with Crippen LogP contribution in [0.1, 0.15) is 33.1 Å². The zero-order valence-electron chi connectivity index (χ0n) is 21.0. The second-order valence-corrected chi connectivity index (χ2v) is 12.6. The second-order valence-electron chi connectivity index (χ2n) is 11.7. The smallest absolute Gasteiger partial charge is 0.226 e. The van der Waals surface area contributed by atoms with Crippen molar-refractivity contribution < 1.29 is 37.1 Å². The Hall–Kier alpha value is -2.17. The fourth-order valence-corrected chi connectivity index (χ4v) is 9.26. The second kappa shape index (κ2) is 8.41. The number of halogens is 4. The van der Waals surface area contributed by atoms with Gasteiger partial charge in [-0.25, -0.2) is 17.6 Å². The van der Waals surface area contributed by atoms with Crippen LogP contribution >= 0.6 is 11.8 Å². The Morgan fingerprint density at radius 2 is 1.92 bits per heavy atom. The highest BCUT2D eigenvalue weighted by Gasteiger charge is 2.79. The molecular weight excluding hydrogens is 522 g/mol. The van der Waals surface area contributed by atoms with E-state index in [9.17, 15) is 23.5 Å². The van der Waals surface area contributed by atoms with Crippen molar-refractivity contribution in [1.29, 1.82) is 0 Å². The third-order valence-electron chi connectivity index (χ3n) is 10.2. The van der Waals surface area contributed by atoms with Crippen molar-refractivity contribution in [3.8, 4) is 0 Å². The lowest BCUT2D eigenvalue weighted by Crippen LogP contribution is -2.70. The monoisotopic (exact) mass is 551 g/mol. The van der Waals surface area contributed by atoms with Crippen LogP contribution in [0.15, 0.2) is 48.1 Å². The molecule has 1 aromatic rings. The first-order chi connectivity index (χ1) is 17.9. The molecule has 3 saturated carbocycles. The quantitative estimate of drug-likeness (QED) is 0.531. The molecule has 10 heteroatoms. The van der Waals surface area contributed by atoms with E-state index in [1.807, 2.05) is 0 Å². The maximum atomic E-state index is 17.4. The fraction of sp³-hybridized carbons (Fsp3) is 0.571. The van der Waals surface area contributed by atoms with Crippen molar-refractivity contribution in [2.75, 3.05) is 17.6 Å². The van der Waals surface area contributed by atoms with Crippen LogP contribution in [0.4, 0.5) is 23.2 Å². The number of thioether (sulfide) groups is 1. The lowest BCUT2D eigenvalue weighted by atomic mass is 9.44. The minimum atomic E-state index is -2.28. The largest absolute Gasteiger partial charge is 0.390 e. The van der Waals surface area contributed by atoms with Crippen molar-refractivity contribution in [2.45, 2.75) is 56.7 Å². The predicted molar refractivity (Wildman–Crippen MR) is 134 cm³/mol. The number of carbonyl (C=O) groups is 2. The number of fused-ring (bicyclic) bond motifs is 7. The number of aliphatic hydroxyl groups is 1. The Morgan fingerprint density at radius 1 is 1.21 bits per heavy atom. The highest BCUT2D eigenvalue weighted by Crippen LogP contribution is 2.73. The van der Waals surface area contributed by atoms with E-state index < -0.39 is 74.9 Å². The molecule has 4 aliphatic carbocycles. The summed E-state index contributed by atoms with van der Waals surface area (Å²) in [6.07, 6.45) is 0.424. The van der Waals surface area contributed by atoms with Crippen LogP contribution in [0.2, 0.25) is 0 Å². The summed E-state index contributed by atoms with van der Waals surface area (Å²) >= 11 is 0.473. The van der Waals surface area contributed by atoms with Gasteiger partial charge in [-0.2, -0.15) is 0 Å². The summed E-state index contributed by atoms with van der Waals surface area (Å²) < 4.78 is 60.2. The van der Waals surface area contributed by atoms with Gasteiger partial charge >= 0.3 is 0 Å². The number of allylic oxidation sites excluding steroid dienone is 4. The molecule has 9 atom stereocenters. The Morgan fingerprint density at radius 3 is 2.61 bits per heavy atom. The average Bonchev–Trinajstić information content (AvgIpc) is 3.37. The summed E-state index contributed by atoms with van der Waals surface area (Å²) in [4.78, 5) is 32.1. The number of hydroxylamine groups is 1. The molecule has 1 aromatic carbocycles. The van der Waals surface area contributed by atoms with Crippen LogP contribution in [-0.4, -0.2) is 52.1 Å². The van der Waals surface area contributed by atoms with E-state index >= 15 is 8.78 Å². The summed E-state index contributed by atoms with van der Waals surface area (Å²) in [5, 5.41) is 12.5. The first-order valence-electron chi connectivity index (χ1n) is 12.8. The van der Waals surface area contributed by atoms with Gasteiger partial charge in [0, 0.05) is 22.7 Å². The number of carbonyl (C=O) groups excluding carboxylic acids is 2. The van der Waals surface area contributed by atoms with E-state index in [1.165, 1.54) is 48.4 Å². The number of rotatable bonds is 3. The number of hydrogen-bond acceptors (Lipinski definition) is 6. The zero-order chi connectivity index (χ0) is 27.3. The molecule has 204 valence electrons. The molecule has 5 aliphatic rings. The van der Waals surface area contributed by atoms with Crippen LogP contribution < -0.4 is 5.06 Å². The van der Waals surface area contributed by atoms with Crippen LogP contribution in [0.5, 0.6) is 0 Å². The molecule has 0 radical (unpaired) electrons. The number of ketones is 1. The van der Waals surface area contributed by atoms with E-state index in [1.54, 1.807) is 6.92 Å². The fourth-order valence-electron chi connectivity index (χ4n) is 8.51. The van der Waals surface area contributed by atoms with Crippen LogP contribution in [0.25, 0.3) is 0 Å². The Balaban J connectivity index is 1.44. The first kappa shape index (κ1) is 26.1. The Labute approximate surface area is 222 Å². The van der Waals surface area contributed by atoms with E-state index in [-0.39, 0.29) is 25.0 Å². The lowest BCUT2D eigenvalue weighted by molar-refractivity contribution is -0.225. The summed E-state index contributed by atoms with van der Waals surface area (Å²) in [6, 6.07) is 4.58. The molecule has 6 rings (SSSR count). The third kappa shape index (κ3) is 3.08. The van der Waals surface area contributed by atoms with Gasteiger partial charge in [-0.15, -0.1) is 0 Å². The third-order valence-corrected chi connectivity index (χ3v) is 10.9. The van der Waals surface area contributed by atoms with E-state index in [0.29, 0.717) is 23.9 Å². The highest BCUT2D eigenvalue weighted by atomic mass is 32.2. The minimum absolute atomic E-state index is 0.0297. The molecule has 1 aliphatic heterocycles. The van der Waals surface area contributed by atoms with Gasteiger partial charge in [-0.3, -0.25) is 19.5 Å². The number of aliphatic hydroxyl groups excluding tert-OH is 1.